The Bertz CT molecular complexity index is 654. The molecule has 5 nitrogen and oxygen atoms in total. The average Bonchev–Trinajstić information content (AvgIpc) is 3.16. The third-order valence-corrected chi connectivity index (χ3v) is 5.20. The average molecular weight is 319 g/mol. The van der Waals surface area contributed by atoms with Gasteiger partial charge in [-0.2, -0.15) is 5.10 Å². The van der Waals surface area contributed by atoms with Gasteiger partial charge in [-0.25, -0.2) is 15.0 Å². The molecule has 3 aromatic rings. The molecular weight excluding hydrogens is 302 g/mol. The molecule has 110 valence electrons. The largest absolute Gasteiger partial charge is 0.252 e. The second kappa shape index (κ2) is 6.44. The summed E-state index contributed by atoms with van der Waals surface area (Å²) in [7, 11) is 0. The maximum absolute atomic E-state index is 4.51. The third kappa shape index (κ3) is 3.95. The van der Waals surface area contributed by atoms with Gasteiger partial charge in [0.15, 0.2) is 0 Å². The van der Waals surface area contributed by atoms with E-state index in [1.807, 2.05) is 24.7 Å². The van der Waals surface area contributed by atoms with E-state index in [9.17, 15) is 0 Å². The Morgan fingerprint density at radius 2 is 1.95 bits per heavy atom. The van der Waals surface area contributed by atoms with Gasteiger partial charge in [0.1, 0.15) is 12.2 Å². The number of aryl methyl sites for hydroxylation is 6. The zero-order valence-electron chi connectivity index (χ0n) is 12.1. The zero-order chi connectivity index (χ0) is 14.7. The number of rotatable bonds is 6. The highest BCUT2D eigenvalue weighted by atomic mass is 32.1. The normalized spacial score (nSPS) is 11.1. The van der Waals surface area contributed by atoms with Crippen molar-refractivity contribution in [2.75, 3.05) is 0 Å². The summed E-state index contributed by atoms with van der Waals surface area (Å²) < 4.78 is 1.88. The molecule has 0 bridgehead atoms. The Morgan fingerprint density at radius 1 is 1.10 bits per heavy atom. The van der Waals surface area contributed by atoms with Crippen molar-refractivity contribution in [1.82, 2.24) is 24.7 Å². The highest BCUT2D eigenvalue weighted by molar-refractivity contribution is 7.11. The van der Waals surface area contributed by atoms with Crippen LogP contribution in [0.3, 0.4) is 0 Å². The maximum atomic E-state index is 4.51. The molecule has 0 saturated heterocycles. The summed E-state index contributed by atoms with van der Waals surface area (Å²) in [5.41, 5.74) is 1.11. The van der Waals surface area contributed by atoms with Crippen molar-refractivity contribution in [2.45, 2.75) is 39.7 Å². The lowest BCUT2D eigenvalue weighted by atomic mass is 10.3. The first-order valence-electron chi connectivity index (χ1n) is 6.89. The molecule has 7 heteroatoms. The fourth-order valence-corrected chi connectivity index (χ4v) is 3.72. The van der Waals surface area contributed by atoms with Gasteiger partial charge in [0.2, 0.25) is 0 Å². The summed E-state index contributed by atoms with van der Waals surface area (Å²) in [6.07, 6.45) is 6.67. The molecule has 0 amide bonds. The van der Waals surface area contributed by atoms with E-state index in [0.717, 1.165) is 37.3 Å². The van der Waals surface area contributed by atoms with E-state index in [1.165, 1.54) is 14.9 Å². The van der Waals surface area contributed by atoms with Crippen LogP contribution < -0.4 is 0 Å². The Hall–Kier alpha value is -1.60. The van der Waals surface area contributed by atoms with Crippen molar-refractivity contribution in [1.29, 1.82) is 0 Å². The highest BCUT2D eigenvalue weighted by Crippen LogP contribution is 2.18. The van der Waals surface area contributed by atoms with Gasteiger partial charge in [0.25, 0.3) is 0 Å². The molecule has 0 unspecified atom stereocenters. The van der Waals surface area contributed by atoms with Gasteiger partial charge >= 0.3 is 0 Å². The van der Waals surface area contributed by atoms with Crippen LogP contribution in [-0.2, 0) is 25.8 Å². The predicted molar refractivity (Wildman–Crippen MR) is 84.8 cm³/mol. The number of aromatic nitrogens is 5. The van der Waals surface area contributed by atoms with E-state index < -0.39 is 0 Å². The van der Waals surface area contributed by atoms with Crippen LogP contribution in [-0.4, -0.2) is 24.7 Å². The first kappa shape index (κ1) is 14.3. The van der Waals surface area contributed by atoms with Gasteiger partial charge < -0.3 is 0 Å². The molecule has 0 fully saturated rings. The molecule has 21 heavy (non-hydrogen) atoms. The van der Waals surface area contributed by atoms with Gasteiger partial charge in [0, 0.05) is 48.0 Å². The Labute approximate surface area is 131 Å². The maximum Gasteiger partial charge on any atom is 0.147 e. The molecule has 0 aromatic carbocycles. The Morgan fingerprint density at radius 3 is 2.67 bits per heavy atom. The van der Waals surface area contributed by atoms with Crippen molar-refractivity contribution in [3.63, 3.8) is 0 Å². The van der Waals surface area contributed by atoms with E-state index in [4.69, 9.17) is 0 Å². The summed E-state index contributed by atoms with van der Waals surface area (Å²) in [6.45, 7) is 4.79. The number of hydrogen-bond acceptors (Lipinski definition) is 6. The summed E-state index contributed by atoms with van der Waals surface area (Å²) in [5.74, 6) is 0.818. The molecule has 3 rings (SSSR count). The predicted octanol–water partition coefficient (Wildman–Crippen LogP) is 2.84. The van der Waals surface area contributed by atoms with Crippen molar-refractivity contribution in [3.8, 4) is 0 Å². The van der Waals surface area contributed by atoms with Crippen molar-refractivity contribution in [2.24, 2.45) is 0 Å². The molecule has 0 spiro atoms. The van der Waals surface area contributed by atoms with Gasteiger partial charge in [-0.3, -0.25) is 4.68 Å². The standard InChI is InChI=1S/C14H17N5S2/c1-10-8-20-14(17-10)4-3-13-15-7-12(21-13)5-6-19-9-16-11(2)18-19/h7-9H,3-6H2,1-2H3. The Kier molecular flexibility index (Phi) is 4.40. The SMILES string of the molecule is Cc1csc(CCc2ncc(CCn3cnc(C)n3)s2)n1. The van der Waals surface area contributed by atoms with Crippen LogP contribution in [0.4, 0.5) is 0 Å². The van der Waals surface area contributed by atoms with Crippen LogP contribution in [0.5, 0.6) is 0 Å². The first-order chi connectivity index (χ1) is 10.2. The molecule has 0 atom stereocenters. The van der Waals surface area contributed by atoms with Gasteiger partial charge in [-0.1, -0.05) is 0 Å². The lowest BCUT2D eigenvalue weighted by molar-refractivity contribution is 0.612. The van der Waals surface area contributed by atoms with Crippen LogP contribution in [0.1, 0.15) is 26.4 Å². The van der Waals surface area contributed by atoms with Crippen LogP contribution in [0, 0.1) is 13.8 Å². The third-order valence-electron chi connectivity index (χ3n) is 3.06. The molecule has 0 radical (unpaired) electrons. The van der Waals surface area contributed by atoms with E-state index in [1.54, 1.807) is 29.0 Å². The molecule has 3 heterocycles. The van der Waals surface area contributed by atoms with Crippen molar-refractivity contribution < 1.29 is 0 Å². The fraction of sp³-hybridized carbons (Fsp3) is 0.429. The zero-order valence-corrected chi connectivity index (χ0v) is 13.7. The minimum absolute atomic E-state index is 0.818. The number of hydrogen-bond donors (Lipinski definition) is 0. The molecule has 0 N–H and O–H groups in total. The lowest BCUT2D eigenvalue weighted by Gasteiger charge is -1.97. The van der Waals surface area contributed by atoms with E-state index in [0.29, 0.717) is 0 Å². The molecular formula is C14H17N5S2. The lowest BCUT2D eigenvalue weighted by Crippen LogP contribution is -2.00. The number of thiazole rings is 2. The monoisotopic (exact) mass is 319 g/mol. The summed E-state index contributed by atoms with van der Waals surface area (Å²) in [4.78, 5) is 14.4. The van der Waals surface area contributed by atoms with Crippen LogP contribution in [0.25, 0.3) is 0 Å². The molecule has 3 aromatic heterocycles. The second-order valence-electron chi connectivity index (χ2n) is 4.91. The molecule has 0 aliphatic carbocycles. The highest BCUT2D eigenvalue weighted by Gasteiger charge is 2.05. The molecule has 0 saturated carbocycles. The molecule has 0 aliphatic rings. The fourth-order valence-electron chi connectivity index (χ4n) is 2.03. The van der Waals surface area contributed by atoms with E-state index in [-0.39, 0.29) is 0 Å². The minimum atomic E-state index is 0.818. The van der Waals surface area contributed by atoms with Crippen LogP contribution in [0.2, 0.25) is 0 Å². The first-order valence-corrected chi connectivity index (χ1v) is 8.59. The smallest absolute Gasteiger partial charge is 0.147 e. The van der Waals surface area contributed by atoms with Gasteiger partial charge in [-0.15, -0.1) is 22.7 Å². The van der Waals surface area contributed by atoms with Crippen LogP contribution >= 0.6 is 22.7 Å². The number of nitrogens with zero attached hydrogens (tertiary/aromatic N) is 5. The minimum Gasteiger partial charge on any atom is -0.252 e. The quantitative estimate of drug-likeness (QED) is 0.701. The van der Waals surface area contributed by atoms with Gasteiger partial charge in [0.05, 0.1) is 10.0 Å². The summed E-state index contributed by atoms with van der Waals surface area (Å²) in [5, 5.41) is 8.78. The van der Waals surface area contributed by atoms with Crippen LogP contribution in [0.15, 0.2) is 17.9 Å². The van der Waals surface area contributed by atoms with Gasteiger partial charge in [-0.05, 0) is 13.8 Å². The second-order valence-corrected chi connectivity index (χ2v) is 7.05. The van der Waals surface area contributed by atoms with Crippen molar-refractivity contribution in [3.05, 3.63) is 44.3 Å². The Balaban J connectivity index is 1.51. The summed E-state index contributed by atoms with van der Waals surface area (Å²) >= 11 is 3.52. The summed E-state index contributed by atoms with van der Waals surface area (Å²) in [6, 6.07) is 0. The molecule has 0 aliphatic heterocycles. The topological polar surface area (TPSA) is 56.5 Å². The van der Waals surface area contributed by atoms with Crippen molar-refractivity contribution >= 4 is 22.7 Å². The van der Waals surface area contributed by atoms with E-state index >= 15 is 0 Å². The van der Waals surface area contributed by atoms with E-state index in [2.05, 4.69) is 25.4 Å².